The number of nitrogens with zero attached hydrogens (tertiary/aromatic N) is 2. The highest BCUT2D eigenvalue weighted by Gasteiger charge is 2.30. The molecule has 4 rings (SSSR count). The Hall–Kier alpha value is -3.18. The van der Waals surface area contributed by atoms with Gasteiger partial charge in [-0.3, -0.25) is 13.5 Å². The van der Waals surface area contributed by atoms with E-state index in [0.717, 1.165) is 7.11 Å². The van der Waals surface area contributed by atoms with Crippen molar-refractivity contribution in [2.24, 2.45) is 0 Å². The molecule has 2 heterocycles. The third-order valence-electron chi connectivity index (χ3n) is 4.16. The fourth-order valence-corrected chi connectivity index (χ4v) is 4.10. The zero-order valence-corrected chi connectivity index (χ0v) is 16.6. The molecule has 2 aromatic heterocycles. The maximum atomic E-state index is 12.8. The predicted molar refractivity (Wildman–Crippen MR) is 108 cm³/mol. The summed E-state index contributed by atoms with van der Waals surface area (Å²) in [6, 6.07) is 9.53. The molecule has 2 aromatic carbocycles. The van der Waals surface area contributed by atoms with Crippen LogP contribution in [0.25, 0.3) is 32.4 Å². The third-order valence-corrected chi connectivity index (χ3v) is 5.29. The molecule has 0 spiro atoms. The molecular formula is C19H16F3N3O4S. The topological polar surface area (TPSA) is 97.2 Å². The number of H-pyrrole nitrogens is 1. The van der Waals surface area contributed by atoms with Crippen molar-refractivity contribution in [3.05, 3.63) is 57.1 Å². The summed E-state index contributed by atoms with van der Waals surface area (Å²) in [6.45, 7) is -1.39. The van der Waals surface area contributed by atoms with Gasteiger partial charge in [-0.2, -0.15) is 13.2 Å². The van der Waals surface area contributed by atoms with Gasteiger partial charge >= 0.3 is 6.18 Å². The van der Waals surface area contributed by atoms with Crippen molar-refractivity contribution in [1.82, 2.24) is 13.9 Å². The fraction of sp³-hybridized carbons (Fsp3) is 0.211. The molecule has 0 aliphatic heterocycles. The number of aromatic nitrogens is 3. The van der Waals surface area contributed by atoms with Crippen molar-refractivity contribution in [3.63, 3.8) is 0 Å². The van der Waals surface area contributed by atoms with Crippen LogP contribution in [0.3, 0.4) is 0 Å². The SMILES string of the molecule is CO.COc1cccc2[nH]c(=O)c(-c3cccc4c(=O)n(CC(F)(F)F)sc34)nc12. The van der Waals surface area contributed by atoms with E-state index in [0.29, 0.717) is 32.3 Å². The Morgan fingerprint density at radius 1 is 1.17 bits per heavy atom. The average molecular weight is 439 g/mol. The van der Waals surface area contributed by atoms with E-state index in [1.807, 2.05) is 0 Å². The number of alkyl halides is 3. The van der Waals surface area contributed by atoms with Crippen molar-refractivity contribution in [2.45, 2.75) is 12.7 Å². The summed E-state index contributed by atoms with van der Waals surface area (Å²) in [5.41, 5.74) is -0.121. The first-order valence-electron chi connectivity index (χ1n) is 8.50. The first-order valence-corrected chi connectivity index (χ1v) is 9.27. The van der Waals surface area contributed by atoms with Gasteiger partial charge in [-0.05, 0) is 18.2 Å². The largest absolute Gasteiger partial charge is 0.494 e. The van der Waals surface area contributed by atoms with Crippen molar-refractivity contribution in [3.8, 4) is 17.0 Å². The number of rotatable bonds is 3. The molecule has 0 saturated carbocycles. The number of para-hydroxylation sites is 1. The van der Waals surface area contributed by atoms with Crippen molar-refractivity contribution in [2.75, 3.05) is 14.2 Å². The quantitative estimate of drug-likeness (QED) is 0.511. The standard InChI is InChI=1S/C18H12F3N3O3S.CH4O/c1-27-12-7-3-6-11-14(12)23-13(16(25)22-11)9-4-2-5-10-15(9)28-24(17(10)26)8-18(19,20)21;1-2/h2-7H,8H2,1H3,(H,22,25);2H,1H3. The van der Waals surface area contributed by atoms with Gasteiger partial charge in [0.1, 0.15) is 23.5 Å². The normalized spacial score (nSPS) is 11.4. The Bertz CT molecular complexity index is 1320. The monoisotopic (exact) mass is 439 g/mol. The molecule has 0 bridgehead atoms. The van der Waals surface area contributed by atoms with Gasteiger partial charge < -0.3 is 14.8 Å². The predicted octanol–water partition coefficient (Wildman–Crippen LogP) is 3.15. The zero-order valence-electron chi connectivity index (χ0n) is 15.8. The smallest absolute Gasteiger partial charge is 0.407 e. The number of aromatic amines is 1. The van der Waals surface area contributed by atoms with Crippen molar-refractivity contribution in [1.29, 1.82) is 0 Å². The third kappa shape index (κ3) is 3.94. The molecule has 0 atom stereocenters. The number of aliphatic hydroxyl groups is 1. The molecule has 158 valence electrons. The van der Waals surface area contributed by atoms with E-state index in [4.69, 9.17) is 9.84 Å². The van der Waals surface area contributed by atoms with E-state index in [1.54, 1.807) is 24.3 Å². The summed E-state index contributed by atoms with van der Waals surface area (Å²) < 4.78 is 44.4. The first-order chi connectivity index (χ1) is 14.3. The minimum atomic E-state index is -4.53. The van der Waals surface area contributed by atoms with Crippen LogP contribution in [-0.4, -0.2) is 39.4 Å². The maximum absolute atomic E-state index is 12.8. The second-order valence-electron chi connectivity index (χ2n) is 6.00. The van der Waals surface area contributed by atoms with Gasteiger partial charge in [-0.15, -0.1) is 0 Å². The van der Waals surface area contributed by atoms with Crippen molar-refractivity contribution < 1.29 is 23.0 Å². The van der Waals surface area contributed by atoms with Crippen LogP contribution in [0.5, 0.6) is 5.75 Å². The molecule has 0 radical (unpaired) electrons. The summed E-state index contributed by atoms with van der Waals surface area (Å²) >= 11 is 0.656. The van der Waals surface area contributed by atoms with E-state index in [1.165, 1.54) is 19.2 Å². The maximum Gasteiger partial charge on any atom is 0.407 e. The van der Waals surface area contributed by atoms with Gasteiger partial charge in [0.05, 0.1) is 22.7 Å². The van der Waals surface area contributed by atoms with E-state index in [2.05, 4.69) is 9.97 Å². The molecule has 0 amide bonds. The molecular weight excluding hydrogens is 423 g/mol. The molecule has 0 aliphatic carbocycles. The lowest BCUT2D eigenvalue weighted by Crippen LogP contribution is -2.23. The second-order valence-corrected chi connectivity index (χ2v) is 7.03. The summed E-state index contributed by atoms with van der Waals surface area (Å²) in [5, 5.41) is 7.10. The Balaban J connectivity index is 0.00000124. The number of aliphatic hydroxyl groups excluding tert-OH is 1. The minimum absolute atomic E-state index is 0.00279. The van der Waals surface area contributed by atoms with Crippen LogP contribution >= 0.6 is 11.5 Å². The number of nitrogens with one attached hydrogen (secondary N) is 1. The second kappa shape index (κ2) is 8.28. The summed E-state index contributed by atoms with van der Waals surface area (Å²) in [7, 11) is 2.46. The number of methoxy groups -OCH3 is 1. The number of benzene rings is 2. The Labute approximate surface area is 171 Å². The molecule has 30 heavy (non-hydrogen) atoms. The molecule has 4 aromatic rings. The van der Waals surface area contributed by atoms with Gasteiger partial charge in [0.2, 0.25) is 0 Å². The highest BCUT2D eigenvalue weighted by molar-refractivity contribution is 7.14. The Morgan fingerprint density at radius 2 is 1.87 bits per heavy atom. The first kappa shape index (κ1) is 21.5. The lowest BCUT2D eigenvalue weighted by atomic mass is 10.1. The average Bonchev–Trinajstić information content (AvgIpc) is 3.02. The van der Waals surface area contributed by atoms with E-state index >= 15 is 0 Å². The number of hydrogen-bond acceptors (Lipinski definition) is 6. The summed E-state index contributed by atoms with van der Waals surface area (Å²) in [5.74, 6) is 0.435. The van der Waals surface area contributed by atoms with Crippen LogP contribution in [0.15, 0.2) is 46.0 Å². The lowest BCUT2D eigenvalue weighted by Gasteiger charge is -2.07. The van der Waals surface area contributed by atoms with Crippen molar-refractivity contribution >= 4 is 32.7 Å². The van der Waals surface area contributed by atoms with E-state index in [-0.39, 0.29) is 21.3 Å². The molecule has 0 saturated heterocycles. The van der Waals surface area contributed by atoms with Crippen LogP contribution in [0.1, 0.15) is 0 Å². The highest BCUT2D eigenvalue weighted by atomic mass is 32.1. The number of halogens is 3. The van der Waals surface area contributed by atoms with Crippen LogP contribution in [0.4, 0.5) is 13.2 Å². The number of hydrogen-bond donors (Lipinski definition) is 2. The summed E-state index contributed by atoms with van der Waals surface area (Å²) in [4.78, 5) is 32.0. The van der Waals surface area contributed by atoms with Gasteiger partial charge in [0.25, 0.3) is 11.1 Å². The van der Waals surface area contributed by atoms with Crippen LogP contribution in [0.2, 0.25) is 0 Å². The van der Waals surface area contributed by atoms with Crippen LogP contribution in [-0.2, 0) is 6.54 Å². The van der Waals surface area contributed by atoms with Crippen LogP contribution < -0.4 is 15.9 Å². The molecule has 2 N–H and O–H groups in total. The Kier molecular flexibility index (Phi) is 5.94. The van der Waals surface area contributed by atoms with Crippen LogP contribution in [0, 0.1) is 0 Å². The van der Waals surface area contributed by atoms with Gasteiger partial charge in [-0.25, -0.2) is 4.98 Å². The highest BCUT2D eigenvalue weighted by Crippen LogP contribution is 2.31. The molecule has 0 fully saturated rings. The zero-order chi connectivity index (χ0) is 22.1. The molecule has 0 unspecified atom stereocenters. The van der Waals surface area contributed by atoms with Gasteiger partial charge in [0, 0.05) is 12.7 Å². The molecule has 7 nitrogen and oxygen atoms in total. The van der Waals surface area contributed by atoms with E-state index in [9.17, 15) is 22.8 Å². The number of ether oxygens (including phenoxy) is 1. The molecule has 11 heteroatoms. The minimum Gasteiger partial charge on any atom is -0.494 e. The number of fused-ring (bicyclic) bond motifs is 2. The van der Waals surface area contributed by atoms with E-state index < -0.39 is 23.8 Å². The molecule has 0 aliphatic rings. The lowest BCUT2D eigenvalue weighted by molar-refractivity contribution is -0.139. The van der Waals surface area contributed by atoms with Gasteiger partial charge in [-0.1, -0.05) is 29.7 Å². The fourth-order valence-electron chi connectivity index (χ4n) is 2.97. The van der Waals surface area contributed by atoms with Gasteiger partial charge in [0.15, 0.2) is 0 Å². The summed E-state index contributed by atoms with van der Waals surface area (Å²) in [6.07, 6.45) is -4.53. The Morgan fingerprint density at radius 3 is 2.53 bits per heavy atom.